The lowest BCUT2D eigenvalue weighted by Crippen LogP contribution is -2.30. The van der Waals surface area contributed by atoms with Gasteiger partial charge in [0.25, 0.3) is 17.3 Å². The molecule has 0 radical (unpaired) electrons. The van der Waals surface area contributed by atoms with Crippen molar-refractivity contribution in [3.8, 4) is 0 Å². The molecular formula is C20H16N4O7S2. The van der Waals surface area contributed by atoms with Crippen LogP contribution in [-0.2, 0) is 9.53 Å². The smallest absolute Gasteiger partial charge is 0.339 e. The second-order valence-electron chi connectivity index (χ2n) is 6.64. The van der Waals surface area contributed by atoms with Gasteiger partial charge in [-0.2, -0.15) is 0 Å². The van der Waals surface area contributed by atoms with Gasteiger partial charge in [0, 0.05) is 35.0 Å². The zero-order valence-corrected chi connectivity index (χ0v) is 18.8. The number of anilines is 1. The molecule has 1 aromatic heterocycles. The van der Waals surface area contributed by atoms with Gasteiger partial charge in [-0.3, -0.25) is 25.0 Å². The lowest BCUT2D eigenvalue weighted by atomic mass is 10.2. The van der Waals surface area contributed by atoms with Gasteiger partial charge in [-0.15, -0.1) is 11.3 Å². The average Bonchev–Trinajstić information content (AvgIpc) is 3.18. The number of aryl methyl sites for hydroxylation is 1. The van der Waals surface area contributed by atoms with Crippen molar-refractivity contribution in [2.45, 2.75) is 29.2 Å². The largest absolute Gasteiger partial charge is 0.449 e. The van der Waals surface area contributed by atoms with Crippen molar-refractivity contribution in [1.29, 1.82) is 0 Å². The molecule has 3 aromatic rings. The lowest BCUT2D eigenvalue weighted by Gasteiger charge is -2.13. The third-order valence-electron chi connectivity index (χ3n) is 4.16. The Bertz CT molecular complexity index is 1240. The van der Waals surface area contributed by atoms with Crippen molar-refractivity contribution in [3.63, 3.8) is 0 Å². The predicted molar refractivity (Wildman–Crippen MR) is 121 cm³/mol. The third kappa shape index (κ3) is 6.11. The molecule has 2 aromatic carbocycles. The first-order chi connectivity index (χ1) is 15.6. The van der Waals surface area contributed by atoms with Crippen LogP contribution in [0.3, 0.4) is 0 Å². The van der Waals surface area contributed by atoms with E-state index in [1.807, 2.05) is 12.3 Å². The van der Waals surface area contributed by atoms with Crippen molar-refractivity contribution in [2.24, 2.45) is 0 Å². The number of carbonyl (C=O) groups excluding carboxylic acids is 2. The van der Waals surface area contributed by atoms with E-state index in [9.17, 15) is 29.8 Å². The molecule has 1 unspecified atom stereocenters. The van der Waals surface area contributed by atoms with Gasteiger partial charge in [0.2, 0.25) is 0 Å². The maximum atomic E-state index is 12.5. The number of thiazole rings is 1. The normalized spacial score (nSPS) is 11.5. The maximum absolute atomic E-state index is 12.5. The van der Waals surface area contributed by atoms with Crippen LogP contribution in [0, 0.1) is 27.2 Å². The number of esters is 1. The number of carbonyl (C=O) groups is 2. The highest BCUT2D eigenvalue weighted by Crippen LogP contribution is 2.37. The number of benzene rings is 2. The molecule has 0 spiro atoms. The predicted octanol–water partition coefficient (Wildman–Crippen LogP) is 4.60. The van der Waals surface area contributed by atoms with Gasteiger partial charge in [0.15, 0.2) is 10.4 Å². The molecule has 1 N–H and O–H groups in total. The second kappa shape index (κ2) is 10.2. The molecule has 0 aliphatic heterocycles. The van der Waals surface area contributed by atoms with Gasteiger partial charge in [-0.1, -0.05) is 17.8 Å². The number of nitro benzene ring substituents is 2. The number of nitrogens with one attached hydrogen (secondary N) is 1. The molecule has 1 amide bonds. The van der Waals surface area contributed by atoms with Gasteiger partial charge in [-0.25, -0.2) is 9.78 Å². The van der Waals surface area contributed by atoms with Crippen LogP contribution in [0.4, 0.5) is 17.1 Å². The third-order valence-corrected chi connectivity index (χ3v) is 6.29. The Morgan fingerprint density at radius 3 is 2.55 bits per heavy atom. The molecular weight excluding hydrogens is 472 g/mol. The highest BCUT2D eigenvalue weighted by Gasteiger charge is 2.23. The minimum Gasteiger partial charge on any atom is -0.449 e. The Hall–Kier alpha value is -3.84. The minimum atomic E-state index is -1.26. The first-order valence-electron chi connectivity index (χ1n) is 9.28. The van der Waals surface area contributed by atoms with Crippen LogP contribution in [0.2, 0.25) is 0 Å². The Labute approximate surface area is 195 Å². The lowest BCUT2D eigenvalue weighted by molar-refractivity contribution is -0.387. The van der Waals surface area contributed by atoms with E-state index in [1.54, 1.807) is 0 Å². The van der Waals surface area contributed by atoms with E-state index in [2.05, 4.69) is 10.3 Å². The molecule has 170 valence electrons. The van der Waals surface area contributed by atoms with Crippen LogP contribution in [0.5, 0.6) is 0 Å². The highest BCUT2D eigenvalue weighted by atomic mass is 32.2. The summed E-state index contributed by atoms with van der Waals surface area (Å²) >= 11 is 2.45. The van der Waals surface area contributed by atoms with Crippen molar-refractivity contribution < 1.29 is 24.2 Å². The Morgan fingerprint density at radius 1 is 1.15 bits per heavy atom. The monoisotopic (exact) mass is 488 g/mol. The summed E-state index contributed by atoms with van der Waals surface area (Å²) in [5.74, 6) is -1.65. The van der Waals surface area contributed by atoms with E-state index in [0.717, 1.165) is 29.6 Å². The summed E-state index contributed by atoms with van der Waals surface area (Å²) in [6, 6.07) is 9.14. The van der Waals surface area contributed by atoms with Crippen LogP contribution in [0.1, 0.15) is 23.0 Å². The van der Waals surface area contributed by atoms with E-state index in [0.29, 0.717) is 9.24 Å². The maximum Gasteiger partial charge on any atom is 0.339 e. The Morgan fingerprint density at radius 2 is 1.91 bits per heavy atom. The molecule has 0 saturated heterocycles. The zero-order valence-electron chi connectivity index (χ0n) is 17.2. The quantitative estimate of drug-likeness (QED) is 0.272. The van der Waals surface area contributed by atoms with Crippen molar-refractivity contribution in [1.82, 2.24) is 4.98 Å². The first kappa shape index (κ1) is 23.8. The van der Waals surface area contributed by atoms with E-state index >= 15 is 0 Å². The van der Waals surface area contributed by atoms with Crippen molar-refractivity contribution in [3.05, 3.63) is 79.3 Å². The van der Waals surface area contributed by atoms with E-state index in [1.165, 1.54) is 48.6 Å². The topological polar surface area (TPSA) is 155 Å². The number of hydrogen-bond acceptors (Lipinski definition) is 10. The number of aromatic nitrogens is 1. The molecule has 13 heteroatoms. The fourth-order valence-electron chi connectivity index (χ4n) is 2.57. The molecule has 0 bridgehead atoms. The molecule has 1 heterocycles. The summed E-state index contributed by atoms with van der Waals surface area (Å²) in [5, 5.41) is 26.6. The summed E-state index contributed by atoms with van der Waals surface area (Å²) in [7, 11) is 0. The summed E-state index contributed by atoms with van der Waals surface area (Å²) in [6.45, 7) is 3.12. The summed E-state index contributed by atoms with van der Waals surface area (Å²) in [4.78, 5) is 50.5. The summed E-state index contributed by atoms with van der Waals surface area (Å²) < 4.78 is 5.74. The van der Waals surface area contributed by atoms with E-state index < -0.39 is 27.8 Å². The number of non-ortho nitro benzene ring substituents is 1. The van der Waals surface area contributed by atoms with Crippen LogP contribution in [-0.4, -0.2) is 32.8 Å². The second-order valence-corrected chi connectivity index (χ2v) is 8.79. The number of rotatable bonds is 8. The average molecular weight is 489 g/mol. The SMILES string of the molecule is Cc1csc(Sc2ccc(C(=O)OC(C)C(=O)Nc3cccc([N+](=O)[O-])c3)cc2[N+](=O)[O-])n1. The number of nitro groups is 2. The summed E-state index contributed by atoms with van der Waals surface area (Å²) in [6.07, 6.45) is -1.26. The van der Waals surface area contributed by atoms with E-state index in [4.69, 9.17) is 4.74 Å². The molecule has 3 rings (SSSR count). The molecule has 0 saturated carbocycles. The van der Waals surface area contributed by atoms with Gasteiger partial charge in [0.05, 0.1) is 20.3 Å². The van der Waals surface area contributed by atoms with Gasteiger partial charge in [0.1, 0.15) is 0 Å². The zero-order chi connectivity index (χ0) is 24.1. The van der Waals surface area contributed by atoms with Gasteiger partial charge >= 0.3 is 5.97 Å². The highest BCUT2D eigenvalue weighted by molar-refractivity contribution is 8.01. The fraction of sp³-hybridized carbons (Fsp3) is 0.150. The number of ether oxygens (including phenoxy) is 1. The molecule has 0 aliphatic carbocycles. The van der Waals surface area contributed by atoms with Crippen LogP contribution >= 0.6 is 23.1 Å². The van der Waals surface area contributed by atoms with Crippen molar-refractivity contribution >= 4 is 52.0 Å². The summed E-state index contributed by atoms with van der Waals surface area (Å²) in [5.41, 5.74) is 0.345. The first-order valence-corrected chi connectivity index (χ1v) is 11.0. The van der Waals surface area contributed by atoms with Crippen LogP contribution in [0.25, 0.3) is 0 Å². The fourth-order valence-corrected chi connectivity index (χ4v) is 4.45. The van der Waals surface area contributed by atoms with Gasteiger partial charge < -0.3 is 10.1 Å². The van der Waals surface area contributed by atoms with Gasteiger partial charge in [-0.05, 0) is 32.0 Å². The van der Waals surface area contributed by atoms with Crippen molar-refractivity contribution in [2.75, 3.05) is 5.32 Å². The molecule has 0 aliphatic rings. The number of nitrogens with zero attached hydrogens (tertiary/aromatic N) is 3. The molecule has 33 heavy (non-hydrogen) atoms. The molecule has 0 fully saturated rings. The Balaban J connectivity index is 1.70. The van der Waals surface area contributed by atoms with E-state index in [-0.39, 0.29) is 22.6 Å². The van der Waals surface area contributed by atoms with Crippen LogP contribution in [0.15, 0.2) is 57.1 Å². The number of amides is 1. The van der Waals surface area contributed by atoms with Crippen LogP contribution < -0.4 is 5.32 Å². The Kier molecular flexibility index (Phi) is 7.35. The standard InChI is InChI=1S/C20H16N4O7S2/c1-11-10-32-20(21-11)33-17-7-6-13(8-16(17)24(29)30)19(26)31-12(2)18(25)22-14-4-3-5-15(9-14)23(27)28/h3-10,12H,1-2H3,(H,22,25). The molecule has 11 nitrogen and oxygen atoms in total. The number of hydrogen-bond donors (Lipinski definition) is 1. The molecule has 1 atom stereocenters. The minimum absolute atomic E-state index is 0.101.